The van der Waals surface area contributed by atoms with Gasteiger partial charge in [-0.05, 0) is 48.1 Å². The Kier molecular flexibility index (Phi) is 9.29. The molecule has 0 saturated carbocycles. The Morgan fingerprint density at radius 1 is 1.02 bits per heavy atom. The molecule has 2 unspecified atom stereocenters. The minimum absolute atomic E-state index is 0.0736. The summed E-state index contributed by atoms with van der Waals surface area (Å²) >= 11 is 0. The SMILES string of the molecule is COc1ccc2c(C(=O)N(C)C)cc(=O)n(CCN3CCC(N(Cc4ccc5c(c4)OCCO5)C(=O)O)CC3C(C)(C)C)c2c1. The number of hydrogen-bond donors (Lipinski definition) is 1. The van der Waals surface area contributed by atoms with E-state index in [-0.39, 0.29) is 35.5 Å². The maximum absolute atomic E-state index is 13.5. The standard InChI is InChI=1S/C34H44N4O7/c1-34(2,3)30-18-23(38(33(41)42)21-22-7-10-28-29(17-22)45-16-15-44-28)11-12-36(30)13-14-37-27-19-24(43-6)8-9-25(27)26(20-31(37)39)32(40)35(4)5/h7-10,17,19-20,23,30H,11-16,18,21H2,1-6H3,(H,41,42). The second-order valence-electron chi connectivity index (χ2n) is 13.1. The number of fused-ring (bicyclic) bond motifs is 2. The number of likely N-dealkylation sites (tertiary alicyclic amines) is 1. The van der Waals surface area contributed by atoms with Crippen molar-refractivity contribution < 1.29 is 28.9 Å². The van der Waals surface area contributed by atoms with E-state index >= 15 is 0 Å². The third-order valence-corrected chi connectivity index (χ3v) is 8.90. The Morgan fingerprint density at radius 2 is 1.76 bits per heavy atom. The molecule has 2 atom stereocenters. The van der Waals surface area contributed by atoms with Gasteiger partial charge in [0.25, 0.3) is 11.5 Å². The Morgan fingerprint density at radius 3 is 2.42 bits per heavy atom. The molecular weight excluding hydrogens is 576 g/mol. The van der Waals surface area contributed by atoms with Crippen molar-refractivity contribution in [2.75, 3.05) is 47.5 Å². The minimum Gasteiger partial charge on any atom is -0.497 e. The lowest BCUT2D eigenvalue weighted by Crippen LogP contribution is -2.55. The lowest BCUT2D eigenvalue weighted by Gasteiger charge is -2.48. The van der Waals surface area contributed by atoms with Crippen LogP contribution in [0.2, 0.25) is 0 Å². The van der Waals surface area contributed by atoms with Crippen LogP contribution in [-0.4, -0.2) is 96.0 Å². The lowest BCUT2D eigenvalue weighted by atomic mass is 9.78. The van der Waals surface area contributed by atoms with Crippen molar-refractivity contribution in [3.05, 3.63) is 63.9 Å². The predicted molar refractivity (Wildman–Crippen MR) is 172 cm³/mol. The summed E-state index contributed by atoms with van der Waals surface area (Å²) in [6.45, 7) is 9.44. The summed E-state index contributed by atoms with van der Waals surface area (Å²) in [5.41, 5.74) is 1.47. The van der Waals surface area contributed by atoms with E-state index in [1.54, 1.807) is 42.8 Å². The zero-order chi connectivity index (χ0) is 32.5. The van der Waals surface area contributed by atoms with Crippen LogP contribution in [0.25, 0.3) is 10.9 Å². The summed E-state index contributed by atoms with van der Waals surface area (Å²) < 4.78 is 18.5. The molecule has 0 spiro atoms. The largest absolute Gasteiger partial charge is 0.497 e. The molecule has 1 fully saturated rings. The fourth-order valence-corrected chi connectivity index (χ4v) is 6.55. The smallest absolute Gasteiger partial charge is 0.407 e. The number of nitrogens with zero attached hydrogens (tertiary/aromatic N) is 4. The van der Waals surface area contributed by atoms with Crippen LogP contribution < -0.4 is 19.8 Å². The fourth-order valence-electron chi connectivity index (χ4n) is 6.55. The number of piperidine rings is 1. The van der Waals surface area contributed by atoms with E-state index in [1.165, 1.54) is 11.0 Å². The van der Waals surface area contributed by atoms with Crippen LogP contribution in [0.5, 0.6) is 17.2 Å². The van der Waals surface area contributed by atoms with Gasteiger partial charge in [0.1, 0.15) is 19.0 Å². The molecule has 1 saturated heterocycles. The van der Waals surface area contributed by atoms with Crippen molar-refractivity contribution in [1.82, 2.24) is 19.3 Å². The molecule has 0 bridgehead atoms. The van der Waals surface area contributed by atoms with Crippen molar-refractivity contribution in [2.45, 2.75) is 58.8 Å². The van der Waals surface area contributed by atoms with Gasteiger partial charge in [-0.2, -0.15) is 0 Å². The van der Waals surface area contributed by atoms with Crippen molar-refractivity contribution in [2.24, 2.45) is 5.41 Å². The molecule has 1 N–H and O–H groups in total. The van der Waals surface area contributed by atoms with E-state index in [0.29, 0.717) is 79.4 Å². The first kappa shape index (κ1) is 32.2. The summed E-state index contributed by atoms with van der Waals surface area (Å²) in [6, 6.07) is 12.4. The van der Waals surface area contributed by atoms with Gasteiger partial charge in [0.2, 0.25) is 0 Å². The number of carbonyl (C=O) groups is 2. The van der Waals surface area contributed by atoms with Gasteiger partial charge in [-0.1, -0.05) is 26.8 Å². The monoisotopic (exact) mass is 620 g/mol. The van der Waals surface area contributed by atoms with Gasteiger partial charge in [-0.25, -0.2) is 4.79 Å². The molecular formula is C34H44N4O7. The minimum atomic E-state index is -0.949. The molecule has 11 heteroatoms. The number of aromatic nitrogens is 1. The molecule has 3 heterocycles. The summed E-state index contributed by atoms with van der Waals surface area (Å²) in [7, 11) is 4.91. The molecule has 2 aliphatic rings. The summed E-state index contributed by atoms with van der Waals surface area (Å²) in [4.78, 5) is 44.3. The highest BCUT2D eigenvalue weighted by Gasteiger charge is 2.39. The molecule has 3 aromatic rings. The Hall–Kier alpha value is -4.25. The Balaban J connectivity index is 1.37. The maximum atomic E-state index is 13.5. The van der Waals surface area contributed by atoms with Crippen molar-refractivity contribution in [3.8, 4) is 17.2 Å². The van der Waals surface area contributed by atoms with Gasteiger partial charge < -0.3 is 33.7 Å². The summed E-state index contributed by atoms with van der Waals surface area (Å²) in [6.07, 6.45) is 0.388. The van der Waals surface area contributed by atoms with E-state index in [9.17, 15) is 19.5 Å². The molecule has 2 aliphatic heterocycles. The first-order chi connectivity index (χ1) is 21.4. The number of carbonyl (C=O) groups excluding carboxylic acids is 1. The zero-order valence-electron chi connectivity index (χ0n) is 27.0. The van der Waals surface area contributed by atoms with E-state index in [0.717, 1.165) is 5.56 Å². The van der Waals surface area contributed by atoms with Gasteiger partial charge in [0.05, 0.1) is 18.2 Å². The number of hydrogen-bond acceptors (Lipinski definition) is 7. The number of ether oxygens (including phenoxy) is 3. The third-order valence-electron chi connectivity index (χ3n) is 8.90. The van der Waals surface area contributed by atoms with Gasteiger partial charge >= 0.3 is 6.09 Å². The number of amides is 2. The third kappa shape index (κ3) is 6.88. The van der Waals surface area contributed by atoms with E-state index in [1.807, 2.05) is 24.3 Å². The summed E-state index contributed by atoms with van der Waals surface area (Å²) in [5.74, 6) is 1.69. The van der Waals surface area contributed by atoms with Crippen LogP contribution in [0, 0.1) is 5.41 Å². The molecule has 5 rings (SSSR count). The number of benzene rings is 2. The number of pyridine rings is 1. The van der Waals surface area contributed by atoms with Crippen LogP contribution in [0.1, 0.15) is 49.5 Å². The average Bonchev–Trinajstić information content (AvgIpc) is 3.01. The normalized spacial score (nSPS) is 18.4. The van der Waals surface area contributed by atoms with E-state index < -0.39 is 6.09 Å². The first-order valence-corrected chi connectivity index (χ1v) is 15.4. The summed E-state index contributed by atoms with van der Waals surface area (Å²) in [5, 5.41) is 11.0. The van der Waals surface area contributed by atoms with Crippen LogP contribution in [-0.2, 0) is 13.1 Å². The predicted octanol–water partition coefficient (Wildman–Crippen LogP) is 4.54. The highest BCUT2D eigenvalue weighted by Crippen LogP contribution is 2.36. The molecule has 0 aliphatic carbocycles. The highest BCUT2D eigenvalue weighted by atomic mass is 16.6. The molecule has 11 nitrogen and oxygen atoms in total. The molecule has 1 aromatic heterocycles. The van der Waals surface area contributed by atoms with Gasteiger partial charge in [-0.15, -0.1) is 0 Å². The van der Waals surface area contributed by atoms with Crippen molar-refractivity contribution in [1.29, 1.82) is 0 Å². The van der Waals surface area contributed by atoms with E-state index in [2.05, 4.69) is 25.7 Å². The maximum Gasteiger partial charge on any atom is 0.407 e. The number of methoxy groups -OCH3 is 1. The fraction of sp³-hybridized carbons (Fsp3) is 0.500. The molecule has 242 valence electrons. The molecule has 2 aromatic carbocycles. The molecule has 0 radical (unpaired) electrons. The second-order valence-corrected chi connectivity index (χ2v) is 13.1. The second kappa shape index (κ2) is 13.0. The first-order valence-electron chi connectivity index (χ1n) is 15.4. The van der Waals surface area contributed by atoms with E-state index in [4.69, 9.17) is 14.2 Å². The highest BCUT2D eigenvalue weighted by molar-refractivity contribution is 6.06. The zero-order valence-corrected chi connectivity index (χ0v) is 27.0. The Bertz CT molecular complexity index is 1630. The average molecular weight is 621 g/mol. The molecule has 45 heavy (non-hydrogen) atoms. The number of rotatable bonds is 8. The van der Waals surface area contributed by atoms with Crippen molar-refractivity contribution in [3.63, 3.8) is 0 Å². The van der Waals surface area contributed by atoms with Crippen LogP contribution in [0.4, 0.5) is 4.79 Å². The topological polar surface area (TPSA) is 114 Å². The quantitative estimate of drug-likeness (QED) is 0.391. The van der Waals surface area contributed by atoms with Crippen molar-refractivity contribution >= 4 is 22.9 Å². The lowest BCUT2D eigenvalue weighted by molar-refractivity contribution is 0.0131. The van der Waals surface area contributed by atoms with Gasteiger partial charge in [0, 0.05) is 69.9 Å². The van der Waals surface area contributed by atoms with Gasteiger partial charge in [0.15, 0.2) is 11.5 Å². The molecule has 2 amide bonds. The van der Waals surface area contributed by atoms with Crippen LogP contribution in [0.3, 0.4) is 0 Å². The Labute approximate surface area is 263 Å². The van der Waals surface area contributed by atoms with Crippen LogP contribution >= 0.6 is 0 Å². The van der Waals surface area contributed by atoms with Crippen LogP contribution in [0.15, 0.2) is 47.3 Å². The number of carboxylic acid groups (broad SMARTS) is 1. The van der Waals surface area contributed by atoms with Gasteiger partial charge in [-0.3, -0.25) is 14.5 Å².